The molecule has 0 aromatic carbocycles. The van der Waals surface area contributed by atoms with Crippen LogP contribution in [-0.2, 0) is 17.6 Å². The first-order chi connectivity index (χ1) is 12.9. The number of H-pyrrole nitrogens is 1. The van der Waals surface area contributed by atoms with Crippen LogP contribution in [0.25, 0.3) is 10.2 Å². The Morgan fingerprint density at radius 1 is 1.26 bits per heavy atom. The number of fused-ring (bicyclic) bond motifs is 3. The van der Waals surface area contributed by atoms with Gasteiger partial charge in [-0.15, -0.1) is 11.3 Å². The lowest BCUT2D eigenvalue weighted by atomic mass is 9.89. The Morgan fingerprint density at radius 3 is 2.74 bits per heavy atom. The molecule has 7 heteroatoms. The molecule has 4 rings (SSSR count). The first kappa shape index (κ1) is 19.0. The Kier molecular flexibility index (Phi) is 5.34. The number of amides is 1. The number of rotatable bonds is 3. The predicted octanol–water partition coefficient (Wildman–Crippen LogP) is 3.99. The standard InChI is InChI=1S/C20H27N3O2S2/c1-11-7-8-14-15(9-11)27-19-17(14)18(25)21-20(22-19)26-10-16(24)23-12(2)5-4-6-13(23)3/h11-13H,4-10H2,1-3H3,(H,21,22,25)/t11-,12-,13+/m1/s1. The van der Waals surface area contributed by atoms with E-state index in [0.717, 1.165) is 42.3 Å². The molecule has 0 saturated carbocycles. The molecule has 0 unspecified atom stereocenters. The summed E-state index contributed by atoms with van der Waals surface area (Å²) >= 11 is 3.01. The van der Waals surface area contributed by atoms with Gasteiger partial charge in [0.05, 0.1) is 11.1 Å². The number of thiophene rings is 1. The summed E-state index contributed by atoms with van der Waals surface area (Å²) in [7, 11) is 0. The second-order valence-corrected chi connectivity index (χ2v) is 10.2. The number of likely N-dealkylation sites (tertiary alicyclic amines) is 1. The van der Waals surface area contributed by atoms with Gasteiger partial charge in [0.1, 0.15) is 4.83 Å². The first-order valence-electron chi connectivity index (χ1n) is 9.92. The Bertz CT molecular complexity index is 910. The van der Waals surface area contributed by atoms with Crippen molar-refractivity contribution in [2.75, 3.05) is 5.75 Å². The summed E-state index contributed by atoms with van der Waals surface area (Å²) in [6.45, 7) is 6.52. The number of aryl methyl sites for hydroxylation is 1. The number of carbonyl (C=O) groups excluding carboxylic acids is 1. The smallest absolute Gasteiger partial charge is 0.260 e. The zero-order valence-electron chi connectivity index (χ0n) is 16.2. The summed E-state index contributed by atoms with van der Waals surface area (Å²) in [6, 6.07) is 0.588. The van der Waals surface area contributed by atoms with Crippen LogP contribution in [-0.4, -0.2) is 38.6 Å². The monoisotopic (exact) mass is 405 g/mol. The third-order valence-corrected chi connectivity index (χ3v) is 7.96. The number of nitrogens with one attached hydrogen (secondary N) is 1. The van der Waals surface area contributed by atoms with Gasteiger partial charge < -0.3 is 9.88 Å². The van der Waals surface area contributed by atoms with E-state index in [4.69, 9.17) is 0 Å². The SMILES string of the molecule is C[C@@H]1CCc2c(sc3nc(SCC(=O)N4[C@H](C)CCC[C@@H]4C)[nH]c(=O)c23)C1. The van der Waals surface area contributed by atoms with Gasteiger partial charge in [0, 0.05) is 17.0 Å². The predicted molar refractivity (Wildman–Crippen MR) is 112 cm³/mol. The van der Waals surface area contributed by atoms with Crippen LogP contribution < -0.4 is 5.56 Å². The lowest BCUT2D eigenvalue weighted by Crippen LogP contribution is -2.48. The minimum absolute atomic E-state index is 0.0540. The molecule has 1 aliphatic heterocycles. The highest BCUT2D eigenvalue weighted by molar-refractivity contribution is 7.99. The van der Waals surface area contributed by atoms with E-state index < -0.39 is 0 Å². The van der Waals surface area contributed by atoms with Crippen molar-refractivity contribution in [1.29, 1.82) is 0 Å². The second-order valence-electron chi connectivity index (χ2n) is 8.12. The van der Waals surface area contributed by atoms with Crippen LogP contribution >= 0.6 is 23.1 Å². The topological polar surface area (TPSA) is 66.1 Å². The van der Waals surface area contributed by atoms with E-state index in [2.05, 4.69) is 30.7 Å². The van der Waals surface area contributed by atoms with Crippen LogP contribution in [0.5, 0.6) is 0 Å². The molecule has 1 aliphatic carbocycles. The van der Waals surface area contributed by atoms with Crippen molar-refractivity contribution >= 4 is 39.2 Å². The van der Waals surface area contributed by atoms with Gasteiger partial charge in [0.25, 0.3) is 5.56 Å². The number of thioether (sulfide) groups is 1. The fourth-order valence-corrected chi connectivity index (χ4v) is 6.69. The van der Waals surface area contributed by atoms with Crippen LogP contribution in [0.15, 0.2) is 9.95 Å². The van der Waals surface area contributed by atoms with Crippen molar-refractivity contribution in [3.63, 3.8) is 0 Å². The van der Waals surface area contributed by atoms with Gasteiger partial charge in [-0.2, -0.15) is 0 Å². The number of nitrogens with zero attached hydrogens (tertiary/aromatic N) is 2. The molecule has 1 amide bonds. The maximum absolute atomic E-state index is 12.7. The zero-order chi connectivity index (χ0) is 19.1. The summed E-state index contributed by atoms with van der Waals surface area (Å²) < 4.78 is 0. The van der Waals surface area contributed by atoms with Crippen molar-refractivity contribution in [2.24, 2.45) is 5.92 Å². The number of hydrogen-bond donors (Lipinski definition) is 1. The number of aromatic nitrogens is 2. The molecule has 5 nitrogen and oxygen atoms in total. The molecular formula is C20H27N3O2S2. The van der Waals surface area contributed by atoms with Gasteiger partial charge in [-0.3, -0.25) is 9.59 Å². The highest BCUT2D eigenvalue weighted by atomic mass is 32.2. The Balaban J connectivity index is 1.53. The van der Waals surface area contributed by atoms with Crippen molar-refractivity contribution < 1.29 is 4.79 Å². The highest BCUT2D eigenvalue weighted by Crippen LogP contribution is 2.36. The van der Waals surface area contributed by atoms with Gasteiger partial charge in [0.2, 0.25) is 5.91 Å². The summed E-state index contributed by atoms with van der Waals surface area (Å²) in [5.74, 6) is 1.14. The van der Waals surface area contributed by atoms with E-state index in [1.807, 2.05) is 4.90 Å². The molecule has 1 fully saturated rings. The van der Waals surface area contributed by atoms with Crippen LogP contribution in [0.4, 0.5) is 0 Å². The third-order valence-electron chi connectivity index (χ3n) is 5.96. The molecule has 1 N–H and O–H groups in total. The Hall–Kier alpha value is -1.34. The molecule has 3 atom stereocenters. The van der Waals surface area contributed by atoms with E-state index in [9.17, 15) is 9.59 Å². The summed E-state index contributed by atoms with van der Waals surface area (Å²) in [4.78, 5) is 37.1. The molecule has 2 aliphatic rings. The molecule has 3 heterocycles. The van der Waals surface area contributed by atoms with Crippen LogP contribution in [0.3, 0.4) is 0 Å². The van der Waals surface area contributed by atoms with Crippen LogP contribution in [0.1, 0.15) is 56.9 Å². The van der Waals surface area contributed by atoms with Gasteiger partial charge in [0.15, 0.2) is 5.16 Å². The minimum Gasteiger partial charge on any atom is -0.337 e. The van der Waals surface area contributed by atoms with E-state index in [0.29, 0.717) is 28.9 Å². The average Bonchev–Trinajstić information content (AvgIpc) is 2.97. The molecule has 2 aromatic heterocycles. The fourth-order valence-electron chi connectivity index (χ4n) is 4.51. The molecule has 2 aromatic rings. The number of hydrogen-bond acceptors (Lipinski definition) is 5. The highest BCUT2D eigenvalue weighted by Gasteiger charge is 2.29. The molecule has 0 bridgehead atoms. The Morgan fingerprint density at radius 2 is 2.00 bits per heavy atom. The molecule has 146 valence electrons. The average molecular weight is 406 g/mol. The molecule has 27 heavy (non-hydrogen) atoms. The van der Waals surface area contributed by atoms with E-state index in [1.54, 1.807) is 11.3 Å². The van der Waals surface area contributed by atoms with Gasteiger partial charge in [-0.05, 0) is 63.9 Å². The van der Waals surface area contributed by atoms with Crippen molar-refractivity contribution in [1.82, 2.24) is 14.9 Å². The summed E-state index contributed by atoms with van der Waals surface area (Å²) in [5.41, 5.74) is 1.15. The summed E-state index contributed by atoms with van der Waals surface area (Å²) in [6.07, 6.45) is 6.47. The first-order valence-corrected chi connectivity index (χ1v) is 11.7. The largest absolute Gasteiger partial charge is 0.337 e. The minimum atomic E-state index is -0.0540. The lowest BCUT2D eigenvalue weighted by molar-refractivity contribution is -0.134. The number of carbonyl (C=O) groups is 1. The van der Waals surface area contributed by atoms with Crippen molar-refractivity contribution in [3.05, 3.63) is 20.8 Å². The zero-order valence-corrected chi connectivity index (χ0v) is 17.8. The molecular weight excluding hydrogens is 378 g/mol. The lowest BCUT2D eigenvalue weighted by Gasteiger charge is -2.39. The molecule has 0 spiro atoms. The van der Waals surface area contributed by atoms with E-state index in [1.165, 1.54) is 28.6 Å². The number of piperidine rings is 1. The van der Waals surface area contributed by atoms with Crippen molar-refractivity contribution in [3.8, 4) is 0 Å². The molecule has 1 saturated heterocycles. The normalized spacial score (nSPS) is 25.6. The van der Waals surface area contributed by atoms with E-state index in [-0.39, 0.29) is 11.5 Å². The van der Waals surface area contributed by atoms with Crippen LogP contribution in [0.2, 0.25) is 0 Å². The maximum Gasteiger partial charge on any atom is 0.260 e. The van der Waals surface area contributed by atoms with Gasteiger partial charge in [-0.25, -0.2) is 4.98 Å². The van der Waals surface area contributed by atoms with Crippen LogP contribution in [0, 0.1) is 5.92 Å². The maximum atomic E-state index is 12.7. The number of aromatic amines is 1. The quantitative estimate of drug-likeness (QED) is 0.619. The molecule has 0 radical (unpaired) electrons. The fraction of sp³-hybridized carbons (Fsp3) is 0.650. The third kappa shape index (κ3) is 3.68. The van der Waals surface area contributed by atoms with Gasteiger partial charge in [-0.1, -0.05) is 18.7 Å². The Labute approximate surface area is 167 Å². The summed E-state index contributed by atoms with van der Waals surface area (Å²) in [5, 5.41) is 1.33. The van der Waals surface area contributed by atoms with Gasteiger partial charge >= 0.3 is 0 Å². The van der Waals surface area contributed by atoms with Crippen molar-refractivity contribution in [2.45, 2.75) is 76.5 Å². The second kappa shape index (κ2) is 7.59. The van der Waals surface area contributed by atoms with E-state index >= 15 is 0 Å².